The van der Waals surface area contributed by atoms with Gasteiger partial charge >= 0.3 is 0 Å². The number of carbonyl (C=O) groups excluding carboxylic acids is 2. The average molecular weight is 494 g/mol. The van der Waals surface area contributed by atoms with Gasteiger partial charge in [0.1, 0.15) is 17.3 Å². The minimum atomic E-state index is -0.845. The van der Waals surface area contributed by atoms with Crippen LogP contribution in [0, 0.1) is 0 Å². The zero-order chi connectivity index (χ0) is 24.1. The van der Waals surface area contributed by atoms with Gasteiger partial charge in [-0.2, -0.15) is 0 Å². The number of Topliss-reactive ketones (excluding diaryl/α,β-unsaturated/α-hetero) is 1. The molecule has 7 nitrogen and oxygen atoms in total. The van der Waals surface area contributed by atoms with Crippen molar-refractivity contribution in [3.05, 3.63) is 63.1 Å². The van der Waals surface area contributed by atoms with Crippen LogP contribution in [0.5, 0.6) is 11.5 Å². The van der Waals surface area contributed by atoms with Gasteiger partial charge in [-0.1, -0.05) is 42.3 Å². The standard InChI is InChI=1S/C24H25Cl2NO6/c1-4-10-33-16-7-5-14(6-8-16)20-19(22(29)24(30)27(20)9-11-31-2)21(28)17-12-15(25)13-18(26)23(17)32-3/h5-8,12-13,20,28H,4,9-11H2,1-3H3/b21-19+. The van der Waals surface area contributed by atoms with E-state index in [4.69, 9.17) is 37.4 Å². The van der Waals surface area contributed by atoms with Gasteiger partial charge in [0, 0.05) is 18.7 Å². The van der Waals surface area contributed by atoms with Crippen molar-refractivity contribution in [1.29, 1.82) is 0 Å². The number of halogens is 2. The summed E-state index contributed by atoms with van der Waals surface area (Å²) >= 11 is 12.4. The lowest BCUT2D eigenvalue weighted by molar-refractivity contribution is -0.140. The summed E-state index contributed by atoms with van der Waals surface area (Å²) < 4.78 is 16.1. The van der Waals surface area contributed by atoms with Gasteiger partial charge in [0.25, 0.3) is 11.7 Å². The van der Waals surface area contributed by atoms with Gasteiger partial charge in [0.15, 0.2) is 0 Å². The Hall–Kier alpha value is -2.74. The molecule has 1 aliphatic rings. The molecule has 0 spiro atoms. The van der Waals surface area contributed by atoms with Crippen LogP contribution in [0.4, 0.5) is 0 Å². The van der Waals surface area contributed by atoms with E-state index in [1.807, 2.05) is 6.92 Å². The molecule has 2 aromatic carbocycles. The Balaban J connectivity index is 2.17. The zero-order valence-corrected chi connectivity index (χ0v) is 20.1. The third-order valence-electron chi connectivity index (χ3n) is 5.21. The Morgan fingerprint density at radius 2 is 1.79 bits per heavy atom. The molecule has 9 heteroatoms. The summed E-state index contributed by atoms with van der Waals surface area (Å²) in [6.45, 7) is 2.95. The Bertz CT molecular complexity index is 1070. The normalized spacial score (nSPS) is 17.5. The number of benzene rings is 2. The monoisotopic (exact) mass is 493 g/mol. The third kappa shape index (κ3) is 5.11. The number of hydrogen-bond donors (Lipinski definition) is 1. The zero-order valence-electron chi connectivity index (χ0n) is 18.6. The van der Waals surface area contributed by atoms with Crippen LogP contribution in [-0.2, 0) is 14.3 Å². The summed E-state index contributed by atoms with van der Waals surface area (Å²) in [5.41, 5.74) is 0.658. The smallest absolute Gasteiger partial charge is 0.295 e. The van der Waals surface area contributed by atoms with Gasteiger partial charge < -0.3 is 24.2 Å². The van der Waals surface area contributed by atoms with Gasteiger partial charge in [0.2, 0.25) is 0 Å². The number of ketones is 1. The van der Waals surface area contributed by atoms with Crippen LogP contribution in [0.2, 0.25) is 10.0 Å². The molecular formula is C24H25Cl2NO6. The lowest BCUT2D eigenvalue weighted by Gasteiger charge is -2.25. The van der Waals surface area contributed by atoms with Crippen LogP contribution in [0.3, 0.4) is 0 Å². The van der Waals surface area contributed by atoms with Gasteiger partial charge in [-0.3, -0.25) is 9.59 Å². The number of carbonyl (C=O) groups is 2. The number of methoxy groups -OCH3 is 2. The van der Waals surface area contributed by atoms with Crippen molar-refractivity contribution in [2.75, 3.05) is 34.0 Å². The Morgan fingerprint density at radius 3 is 2.39 bits per heavy atom. The summed E-state index contributed by atoms with van der Waals surface area (Å²) in [6, 6.07) is 9.10. The van der Waals surface area contributed by atoms with E-state index in [1.165, 1.54) is 31.3 Å². The van der Waals surface area contributed by atoms with Crippen LogP contribution in [-0.4, -0.2) is 55.7 Å². The van der Waals surface area contributed by atoms with E-state index in [-0.39, 0.29) is 40.1 Å². The highest BCUT2D eigenvalue weighted by atomic mass is 35.5. The number of ether oxygens (including phenoxy) is 3. The highest BCUT2D eigenvalue weighted by Crippen LogP contribution is 2.43. The molecule has 176 valence electrons. The minimum Gasteiger partial charge on any atom is -0.507 e. The van der Waals surface area contributed by atoms with E-state index < -0.39 is 23.5 Å². The Morgan fingerprint density at radius 1 is 1.09 bits per heavy atom. The fourth-order valence-electron chi connectivity index (χ4n) is 3.70. The second-order valence-corrected chi connectivity index (χ2v) is 8.21. The predicted molar refractivity (Wildman–Crippen MR) is 126 cm³/mol. The topological polar surface area (TPSA) is 85.3 Å². The molecule has 1 amide bonds. The van der Waals surface area contributed by atoms with Gasteiger partial charge in [-0.15, -0.1) is 0 Å². The molecule has 0 radical (unpaired) electrons. The number of likely N-dealkylation sites (tertiary alicyclic amines) is 1. The molecule has 3 rings (SSSR count). The van der Waals surface area contributed by atoms with Crippen molar-refractivity contribution >= 4 is 40.7 Å². The van der Waals surface area contributed by atoms with Gasteiger partial charge in [0.05, 0.1) is 42.5 Å². The fraction of sp³-hybridized carbons (Fsp3) is 0.333. The lowest BCUT2D eigenvalue weighted by atomic mass is 9.95. The molecule has 1 N–H and O–H groups in total. The summed E-state index contributed by atoms with van der Waals surface area (Å²) in [5.74, 6) is -1.18. The molecule has 33 heavy (non-hydrogen) atoms. The summed E-state index contributed by atoms with van der Waals surface area (Å²) in [6.07, 6.45) is 0.864. The number of rotatable bonds is 9. The van der Waals surface area contributed by atoms with Crippen molar-refractivity contribution < 1.29 is 28.9 Å². The number of amides is 1. The summed E-state index contributed by atoms with van der Waals surface area (Å²) in [5, 5.41) is 11.6. The van der Waals surface area contributed by atoms with Gasteiger partial charge in [-0.25, -0.2) is 0 Å². The van der Waals surface area contributed by atoms with Crippen molar-refractivity contribution in [1.82, 2.24) is 4.90 Å². The average Bonchev–Trinajstić information content (AvgIpc) is 3.05. The number of aliphatic hydroxyl groups is 1. The molecule has 1 unspecified atom stereocenters. The highest BCUT2D eigenvalue weighted by molar-refractivity contribution is 6.46. The Labute approximate surface area is 202 Å². The molecule has 0 bridgehead atoms. The van der Waals surface area contributed by atoms with E-state index in [9.17, 15) is 14.7 Å². The first-order valence-electron chi connectivity index (χ1n) is 10.4. The molecule has 0 aliphatic carbocycles. The van der Waals surface area contributed by atoms with Crippen molar-refractivity contribution in [2.45, 2.75) is 19.4 Å². The van der Waals surface area contributed by atoms with E-state index in [0.717, 1.165) is 6.42 Å². The molecule has 0 aromatic heterocycles. The molecule has 2 aromatic rings. The Kier molecular flexibility index (Phi) is 8.24. The van der Waals surface area contributed by atoms with Crippen LogP contribution in [0.25, 0.3) is 5.76 Å². The quantitative estimate of drug-likeness (QED) is 0.305. The van der Waals surface area contributed by atoms with Crippen molar-refractivity contribution in [3.63, 3.8) is 0 Å². The molecule has 1 heterocycles. The lowest BCUT2D eigenvalue weighted by Crippen LogP contribution is -2.32. The molecule has 0 saturated carbocycles. The molecule has 1 atom stereocenters. The predicted octanol–water partition coefficient (Wildman–Crippen LogP) is 4.86. The SMILES string of the molecule is CCCOc1ccc(C2/C(=C(\O)c3cc(Cl)cc(Cl)c3OC)C(=O)C(=O)N2CCOC)cc1. The van der Waals surface area contributed by atoms with E-state index in [2.05, 4.69) is 0 Å². The first kappa shape index (κ1) is 24.9. The first-order valence-corrected chi connectivity index (χ1v) is 11.1. The van der Waals surface area contributed by atoms with E-state index in [0.29, 0.717) is 17.9 Å². The van der Waals surface area contributed by atoms with E-state index in [1.54, 1.807) is 24.3 Å². The van der Waals surface area contributed by atoms with Crippen molar-refractivity contribution in [2.24, 2.45) is 0 Å². The second kappa shape index (κ2) is 10.9. The van der Waals surface area contributed by atoms with Crippen LogP contribution in [0.1, 0.15) is 30.5 Å². The fourth-order valence-corrected chi connectivity index (χ4v) is 4.27. The number of hydrogen-bond acceptors (Lipinski definition) is 6. The van der Waals surface area contributed by atoms with Crippen molar-refractivity contribution in [3.8, 4) is 11.5 Å². The van der Waals surface area contributed by atoms with Crippen LogP contribution < -0.4 is 9.47 Å². The van der Waals surface area contributed by atoms with Gasteiger partial charge in [-0.05, 0) is 36.2 Å². The third-order valence-corrected chi connectivity index (χ3v) is 5.71. The molecule has 1 fully saturated rings. The summed E-state index contributed by atoms with van der Waals surface area (Å²) in [4.78, 5) is 27.4. The largest absolute Gasteiger partial charge is 0.507 e. The maximum Gasteiger partial charge on any atom is 0.295 e. The number of nitrogens with zero attached hydrogens (tertiary/aromatic N) is 1. The molecule has 1 saturated heterocycles. The summed E-state index contributed by atoms with van der Waals surface area (Å²) in [7, 11) is 2.89. The molecular weight excluding hydrogens is 469 g/mol. The maximum absolute atomic E-state index is 13.1. The van der Waals surface area contributed by atoms with Crippen LogP contribution in [0.15, 0.2) is 42.0 Å². The minimum absolute atomic E-state index is 0.0880. The van der Waals surface area contributed by atoms with Crippen LogP contribution >= 0.6 is 23.2 Å². The maximum atomic E-state index is 13.1. The van der Waals surface area contributed by atoms with E-state index >= 15 is 0 Å². The second-order valence-electron chi connectivity index (χ2n) is 7.37. The number of aliphatic hydroxyl groups excluding tert-OH is 1. The highest BCUT2D eigenvalue weighted by Gasteiger charge is 2.46. The molecule has 1 aliphatic heterocycles. The first-order chi connectivity index (χ1) is 15.8.